The third-order valence-corrected chi connectivity index (χ3v) is 3.76. The fourth-order valence-corrected chi connectivity index (χ4v) is 2.45. The molecule has 1 heterocycles. The van der Waals surface area contributed by atoms with Gasteiger partial charge in [-0.1, -0.05) is 12.2 Å². The van der Waals surface area contributed by atoms with E-state index in [0.717, 1.165) is 13.1 Å². The van der Waals surface area contributed by atoms with Crippen LogP contribution in [0.5, 0.6) is 5.75 Å². The summed E-state index contributed by atoms with van der Waals surface area (Å²) in [5, 5.41) is 0. The molecule has 0 aliphatic carbocycles. The Kier molecular flexibility index (Phi) is 5.50. The molecule has 0 saturated carbocycles. The molecular formula is C15H21FN2O2S. The Labute approximate surface area is 130 Å². The van der Waals surface area contributed by atoms with Crippen molar-refractivity contribution in [3.8, 4) is 5.75 Å². The highest BCUT2D eigenvalue weighted by atomic mass is 32.1. The number of thiocarbonyl (C=S) groups is 1. The standard InChI is InChI=1S/C15H21FN2O2S/c1-10(2)18-5-6-19-12(8-18)9-20-11-3-4-13(15(17)21)14(16)7-11/h3-4,7,10,12H,5-6,8-9H2,1-2H3,(H2,17,21). The van der Waals surface area contributed by atoms with Crippen LogP contribution in [0, 0.1) is 5.82 Å². The first-order valence-electron chi connectivity index (χ1n) is 7.05. The molecule has 2 N–H and O–H groups in total. The third kappa shape index (κ3) is 4.36. The first-order chi connectivity index (χ1) is 9.97. The Morgan fingerprint density at radius 3 is 2.95 bits per heavy atom. The lowest BCUT2D eigenvalue weighted by atomic mass is 10.2. The van der Waals surface area contributed by atoms with Crippen molar-refractivity contribution in [3.05, 3.63) is 29.6 Å². The van der Waals surface area contributed by atoms with Crippen molar-refractivity contribution in [3.63, 3.8) is 0 Å². The quantitative estimate of drug-likeness (QED) is 0.842. The summed E-state index contributed by atoms with van der Waals surface area (Å²) in [5.74, 6) is -0.00820. The number of hydrogen-bond acceptors (Lipinski definition) is 4. The molecule has 1 aliphatic heterocycles. The molecule has 0 amide bonds. The highest BCUT2D eigenvalue weighted by Gasteiger charge is 2.22. The van der Waals surface area contributed by atoms with Crippen molar-refractivity contribution in [2.45, 2.75) is 26.0 Å². The van der Waals surface area contributed by atoms with Crippen LogP contribution in [-0.4, -0.2) is 48.3 Å². The van der Waals surface area contributed by atoms with Gasteiger partial charge in [0.05, 0.1) is 6.61 Å². The number of nitrogens with zero attached hydrogens (tertiary/aromatic N) is 1. The molecule has 6 heteroatoms. The SMILES string of the molecule is CC(C)N1CCOC(COc2ccc(C(N)=S)c(F)c2)C1. The van der Waals surface area contributed by atoms with Gasteiger partial charge >= 0.3 is 0 Å². The van der Waals surface area contributed by atoms with Crippen LogP contribution in [0.2, 0.25) is 0 Å². The van der Waals surface area contributed by atoms with Gasteiger partial charge < -0.3 is 15.2 Å². The van der Waals surface area contributed by atoms with E-state index in [1.807, 2.05) is 0 Å². The summed E-state index contributed by atoms with van der Waals surface area (Å²) in [6.45, 7) is 7.17. The van der Waals surface area contributed by atoms with Crippen molar-refractivity contribution in [2.24, 2.45) is 5.73 Å². The Morgan fingerprint density at radius 1 is 1.57 bits per heavy atom. The molecule has 21 heavy (non-hydrogen) atoms. The molecule has 1 fully saturated rings. The largest absolute Gasteiger partial charge is 0.491 e. The Balaban J connectivity index is 1.91. The lowest BCUT2D eigenvalue weighted by Gasteiger charge is -2.35. The minimum Gasteiger partial charge on any atom is -0.491 e. The molecule has 1 saturated heterocycles. The summed E-state index contributed by atoms with van der Waals surface area (Å²) in [7, 11) is 0. The second-order valence-electron chi connectivity index (χ2n) is 5.40. The predicted octanol–water partition coefficient (Wildman–Crippen LogP) is 1.95. The molecular weight excluding hydrogens is 291 g/mol. The summed E-state index contributed by atoms with van der Waals surface area (Å²) in [5.41, 5.74) is 5.66. The molecule has 1 unspecified atom stereocenters. The van der Waals surface area contributed by atoms with Crippen molar-refractivity contribution in [1.29, 1.82) is 0 Å². The Hall–Kier alpha value is -1.24. The van der Waals surface area contributed by atoms with Gasteiger partial charge in [-0.3, -0.25) is 4.90 Å². The van der Waals surface area contributed by atoms with Crippen LogP contribution in [0.4, 0.5) is 4.39 Å². The molecule has 1 aromatic carbocycles. The molecule has 116 valence electrons. The topological polar surface area (TPSA) is 47.7 Å². The summed E-state index contributed by atoms with van der Waals surface area (Å²) < 4.78 is 25.0. The van der Waals surface area contributed by atoms with E-state index >= 15 is 0 Å². The van der Waals surface area contributed by atoms with Crippen molar-refractivity contribution in [1.82, 2.24) is 4.90 Å². The summed E-state index contributed by atoms with van der Waals surface area (Å²) in [6.07, 6.45) is -0.000488. The van der Waals surface area contributed by atoms with E-state index in [2.05, 4.69) is 18.7 Å². The van der Waals surface area contributed by atoms with Gasteiger partial charge in [0.15, 0.2) is 0 Å². The van der Waals surface area contributed by atoms with Crippen LogP contribution in [0.3, 0.4) is 0 Å². The number of ether oxygens (including phenoxy) is 2. The lowest BCUT2D eigenvalue weighted by molar-refractivity contribution is -0.0564. The fourth-order valence-electron chi connectivity index (χ4n) is 2.29. The van der Waals surface area contributed by atoms with Gasteiger partial charge in [0.1, 0.15) is 29.3 Å². The average Bonchev–Trinajstić information content (AvgIpc) is 2.45. The summed E-state index contributed by atoms with van der Waals surface area (Å²) >= 11 is 4.77. The van der Waals surface area contributed by atoms with Gasteiger partial charge in [0.2, 0.25) is 0 Å². The Bertz CT molecular complexity index is 510. The van der Waals surface area contributed by atoms with E-state index in [9.17, 15) is 4.39 Å². The number of morpholine rings is 1. The maximum Gasteiger partial charge on any atom is 0.137 e. The lowest BCUT2D eigenvalue weighted by Crippen LogP contribution is -2.47. The van der Waals surface area contributed by atoms with Crippen LogP contribution in [0.25, 0.3) is 0 Å². The molecule has 0 radical (unpaired) electrons. The normalized spacial score (nSPS) is 19.7. The van der Waals surface area contributed by atoms with E-state index < -0.39 is 5.82 Å². The van der Waals surface area contributed by atoms with Crippen LogP contribution in [0.1, 0.15) is 19.4 Å². The first kappa shape index (κ1) is 16.1. The van der Waals surface area contributed by atoms with Crippen molar-refractivity contribution < 1.29 is 13.9 Å². The minimum atomic E-state index is -0.464. The smallest absolute Gasteiger partial charge is 0.137 e. The number of nitrogens with two attached hydrogens (primary N) is 1. The zero-order valence-corrected chi connectivity index (χ0v) is 13.2. The second-order valence-corrected chi connectivity index (χ2v) is 5.84. The monoisotopic (exact) mass is 312 g/mol. The van der Waals surface area contributed by atoms with Gasteiger partial charge in [-0.2, -0.15) is 0 Å². The van der Waals surface area contributed by atoms with Crippen LogP contribution >= 0.6 is 12.2 Å². The zero-order valence-electron chi connectivity index (χ0n) is 12.3. The third-order valence-electron chi connectivity index (χ3n) is 3.54. The number of benzene rings is 1. The van der Waals surface area contributed by atoms with Gasteiger partial charge in [0.25, 0.3) is 0 Å². The van der Waals surface area contributed by atoms with Gasteiger partial charge in [-0.15, -0.1) is 0 Å². The van der Waals surface area contributed by atoms with Crippen molar-refractivity contribution >= 4 is 17.2 Å². The molecule has 0 spiro atoms. The molecule has 0 aromatic heterocycles. The maximum atomic E-state index is 13.7. The number of rotatable bonds is 5. The summed E-state index contributed by atoms with van der Waals surface area (Å²) in [6, 6.07) is 4.99. The Morgan fingerprint density at radius 2 is 2.33 bits per heavy atom. The van der Waals surface area contributed by atoms with Gasteiger partial charge in [0, 0.05) is 30.8 Å². The van der Waals surface area contributed by atoms with Gasteiger partial charge in [-0.05, 0) is 26.0 Å². The van der Waals surface area contributed by atoms with E-state index in [1.54, 1.807) is 6.07 Å². The van der Waals surface area contributed by atoms with Gasteiger partial charge in [-0.25, -0.2) is 4.39 Å². The number of hydrogen-bond donors (Lipinski definition) is 1. The van der Waals surface area contributed by atoms with E-state index in [0.29, 0.717) is 25.0 Å². The predicted molar refractivity (Wildman–Crippen MR) is 84.2 cm³/mol. The van der Waals surface area contributed by atoms with Crippen LogP contribution in [-0.2, 0) is 4.74 Å². The fraction of sp³-hybridized carbons (Fsp3) is 0.533. The second kappa shape index (κ2) is 7.15. The van der Waals surface area contributed by atoms with E-state index in [-0.39, 0.29) is 16.7 Å². The first-order valence-corrected chi connectivity index (χ1v) is 7.46. The number of halogens is 1. The molecule has 1 aromatic rings. The molecule has 2 rings (SSSR count). The summed E-state index contributed by atoms with van der Waals surface area (Å²) in [4.78, 5) is 2.39. The molecule has 1 atom stereocenters. The van der Waals surface area contributed by atoms with Crippen LogP contribution < -0.4 is 10.5 Å². The molecule has 1 aliphatic rings. The average molecular weight is 312 g/mol. The minimum absolute atomic E-state index is 0.000488. The zero-order chi connectivity index (χ0) is 15.4. The van der Waals surface area contributed by atoms with Crippen molar-refractivity contribution in [2.75, 3.05) is 26.3 Å². The van der Waals surface area contributed by atoms with Crippen LogP contribution in [0.15, 0.2) is 18.2 Å². The highest BCUT2D eigenvalue weighted by Crippen LogP contribution is 2.18. The van der Waals surface area contributed by atoms with E-state index in [4.69, 9.17) is 27.4 Å². The maximum absolute atomic E-state index is 13.7. The molecule has 0 bridgehead atoms. The molecule has 4 nitrogen and oxygen atoms in total. The highest BCUT2D eigenvalue weighted by molar-refractivity contribution is 7.80. The van der Waals surface area contributed by atoms with E-state index in [1.165, 1.54) is 12.1 Å².